The fourth-order valence-electron chi connectivity index (χ4n) is 5.16. The number of rotatable bonds is 6. The molecule has 1 aliphatic heterocycles. The number of alkyl halides is 1. The van der Waals surface area contributed by atoms with Gasteiger partial charge in [-0.3, -0.25) is 14.4 Å². The van der Waals surface area contributed by atoms with Crippen molar-refractivity contribution in [3.05, 3.63) is 35.4 Å². The Hall–Kier alpha value is -1.89. The Morgan fingerprint density at radius 1 is 1.12 bits per heavy atom. The fourth-order valence-corrected chi connectivity index (χ4v) is 5.67. The van der Waals surface area contributed by atoms with E-state index in [2.05, 4.69) is 5.32 Å². The van der Waals surface area contributed by atoms with Crippen LogP contribution in [0.15, 0.2) is 24.3 Å². The van der Waals surface area contributed by atoms with Gasteiger partial charge in [0.1, 0.15) is 6.04 Å². The topological polar surface area (TPSA) is 66.5 Å². The number of hydrogen-bond donors (Lipinski definition) is 1. The highest BCUT2D eigenvalue weighted by Crippen LogP contribution is 2.42. The van der Waals surface area contributed by atoms with Crippen LogP contribution in [0.1, 0.15) is 79.6 Å². The van der Waals surface area contributed by atoms with Crippen molar-refractivity contribution in [2.24, 2.45) is 5.92 Å². The zero-order valence-electron chi connectivity index (χ0n) is 18.8. The van der Waals surface area contributed by atoms with E-state index >= 15 is 0 Å². The summed E-state index contributed by atoms with van der Waals surface area (Å²) in [4.78, 5) is 39.7. The highest BCUT2D eigenvalue weighted by atomic mass is 32.2. The second-order valence-corrected chi connectivity index (χ2v) is 10.4. The first-order valence-electron chi connectivity index (χ1n) is 11.9. The molecule has 4 rings (SSSR count). The third-order valence-electron chi connectivity index (χ3n) is 7.26. The van der Waals surface area contributed by atoms with E-state index in [0.29, 0.717) is 31.5 Å². The maximum Gasteiger partial charge on any atom is 0.260 e. The summed E-state index contributed by atoms with van der Waals surface area (Å²) in [5.41, 5.74) is -0.115. The van der Waals surface area contributed by atoms with Crippen molar-refractivity contribution < 1.29 is 18.8 Å². The van der Waals surface area contributed by atoms with Crippen LogP contribution in [-0.2, 0) is 9.59 Å². The molecule has 174 valence electrons. The zero-order chi connectivity index (χ0) is 22.7. The van der Waals surface area contributed by atoms with Gasteiger partial charge in [0.25, 0.3) is 11.8 Å². The molecular formula is C25H33FN2O3S. The Morgan fingerprint density at radius 2 is 1.88 bits per heavy atom. The van der Waals surface area contributed by atoms with E-state index in [9.17, 15) is 18.8 Å². The Balaban J connectivity index is 1.45. The summed E-state index contributed by atoms with van der Waals surface area (Å²) >= 11 is 1.18. The van der Waals surface area contributed by atoms with E-state index in [1.807, 2.05) is 18.2 Å². The Labute approximate surface area is 193 Å². The van der Waals surface area contributed by atoms with Crippen LogP contribution in [0.4, 0.5) is 4.39 Å². The summed E-state index contributed by atoms with van der Waals surface area (Å²) < 4.78 is 14.3. The second kappa shape index (κ2) is 9.94. The number of amides is 2. The molecule has 32 heavy (non-hydrogen) atoms. The second-order valence-electron chi connectivity index (χ2n) is 9.55. The summed E-state index contributed by atoms with van der Waals surface area (Å²) in [6.07, 6.45) is 9.51. The summed E-state index contributed by atoms with van der Waals surface area (Å²) in [5, 5.41) is 3.03. The summed E-state index contributed by atoms with van der Waals surface area (Å²) in [5.74, 6) is -0.315. The number of halogens is 1. The molecule has 2 atom stereocenters. The van der Waals surface area contributed by atoms with Crippen molar-refractivity contribution in [2.45, 2.75) is 75.4 Å². The molecule has 5 nitrogen and oxygen atoms in total. The molecule has 1 aromatic rings. The van der Waals surface area contributed by atoms with Crippen LogP contribution < -0.4 is 5.32 Å². The van der Waals surface area contributed by atoms with Crippen molar-refractivity contribution in [3.63, 3.8) is 0 Å². The molecule has 2 amide bonds. The van der Waals surface area contributed by atoms with Gasteiger partial charge < -0.3 is 10.2 Å². The Bertz CT molecular complexity index is 866. The molecule has 0 spiro atoms. The van der Waals surface area contributed by atoms with Crippen LogP contribution in [0.3, 0.4) is 0 Å². The normalized spacial score (nSPS) is 23.9. The third-order valence-corrected chi connectivity index (χ3v) is 7.92. The number of benzene rings is 1. The monoisotopic (exact) mass is 460 g/mol. The maximum atomic E-state index is 14.3. The molecule has 3 aliphatic rings. The van der Waals surface area contributed by atoms with Crippen LogP contribution in [0.2, 0.25) is 0 Å². The number of carbonyl (C=O) groups excluding carboxylic acids is 3. The zero-order valence-corrected chi connectivity index (χ0v) is 19.6. The van der Waals surface area contributed by atoms with Gasteiger partial charge in [0.15, 0.2) is 5.67 Å². The number of nitrogens with zero attached hydrogens (tertiary/aromatic N) is 1. The van der Waals surface area contributed by atoms with Gasteiger partial charge in [0.2, 0.25) is 5.12 Å². The third kappa shape index (κ3) is 5.19. The van der Waals surface area contributed by atoms with E-state index in [4.69, 9.17) is 0 Å². The maximum absolute atomic E-state index is 14.3. The molecule has 1 aromatic carbocycles. The minimum absolute atomic E-state index is 0.0167. The van der Waals surface area contributed by atoms with Crippen LogP contribution in [-0.4, -0.2) is 52.9 Å². The first-order valence-corrected chi connectivity index (χ1v) is 13.1. The van der Waals surface area contributed by atoms with Crippen molar-refractivity contribution in [3.8, 4) is 0 Å². The van der Waals surface area contributed by atoms with Crippen molar-refractivity contribution >= 4 is 28.7 Å². The van der Waals surface area contributed by atoms with Gasteiger partial charge in [-0.25, -0.2) is 4.39 Å². The summed E-state index contributed by atoms with van der Waals surface area (Å²) in [7, 11) is 0. The average molecular weight is 461 g/mol. The molecular weight excluding hydrogens is 427 g/mol. The highest BCUT2D eigenvalue weighted by molar-refractivity contribution is 8.13. The molecule has 1 saturated heterocycles. The lowest BCUT2D eigenvalue weighted by molar-refractivity contribution is -0.139. The quantitative estimate of drug-likeness (QED) is 0.681. The van der Waals surface area contributed by atoms with Crippen LogP contribution >= 0.6 is 11.8 Å². The summed E-state index contributed by atoms with van der Waals surface area (Å²) in [6, 6.07) is 7.02. The van der Waals surface area contributed by atoms with Gasteiger partial charge in [-0.05, 0) is 68.4 Å². The molecule has 0 radical (unpaired) electrons. The lowest BCUT2D eigenvalue weighted by atomic mass is 9.84. The number of likely N-dealkylation sites (tertiary alicyclic amines) is 1. The van der Waals surface area contributed by atoms with E-state index in [-0.39, 0.29) is 28.8 Å². The van der Waals surface area contributed by atoms with E-state index in [0.717, 1.165) is 44.1 Å². The van der Waals surface area contributed by atoms with Crippen LogP contribution in [0.5, 0.6) is 0 Å². The molecule has 1 N–H and O–H groups in total. The molecule has 7 heteroatoms. The first-order chi connectivity index (χ1) is 15.4. The lowest BCUT2D eigenvalue weighted by Crippen LogP contribution is -2.45. The number of thioether (sulfide) groups is 1. The number of hydrogen-bond acceptors (Lipinski definition) is 4. The number of nitrogens with one attached hydrogen (secondary N) is 1. The van der Waals surface area contributed by atoms with Gasteiger partial charge in [-0.15, -0.1) is 0 Å². The largest absolute Gasteiger partial charge is 0.341 e. The number of piperidine rings is 1. The average Bonchev–Trinajstić information content (AvgIpc) is 3.60. The van der Waals surface area contributed by atoms with Gasteiger partial charge in [-0.1, -0.05) is 43.2 Å². The first kappa shape index (κ1) is 23.3. The van der Waals surface area contributed by atoms with Crippen molar-refractivity contribution in [1.29, 1.82) is 0 Å². The molecule has 2 aliphatic carbocycles. The van der Waals surface area contributed by atoms with Gasteiger partial charge >= 0.3 is 0 Å². The Kier molecular flexibility index (Phi) is 7.23. The Morgan fingerprint density at radius 3 is 2.56 bits per heavy atom. The van der Waals surface area contributed by atoms with Crippen LogP contribution in [0.25, 0.3) is 0 Å². The number of carbonyl (C=O) groups is 3. The lowest BCUT2D eigenvalue weighted by Gasteiger charge is -2.34. The smallest absolute Gasteiger partial charge is 0.260 e. The SMILES string of the molecule is CSC(=O)[C@H](NC(=O)c1cccc(C2CCCN(C(=O)C3(F)CC3)C2)c1)C1CCCCC1. The van der Waals surface area contributed by atoms with Gasteiger partial charge in [0.05, 0.1) is 0 Å². The minimum Gasteiger partial charge on any atom is -0.341 e. The van der Waals surface area contributed by atoms with Gasteiger partial charge in [0, 0.05) is 24.6 Å². The molecule has 0 bridgehead atoms. The minimum atomic E-state index is -1.64. The van der Waals surface area contributed by atoms with E-state index < -0.39 is 11.7 Å². The molecule has 1 heterocycles. The van der Waals surface area contributed by atoms with Crippen molar-refractivity contribution in [2.75, 3.05) is 19.3 Å². The molecule has 1 unspecified atom stereocenters. The molecule has 3 fully saturated rings. The van der Waals surface area contributed by atoms with Gasteiger partial charge in [-0.2, -0.15) is 0 Å². The highest BCUT2D eigenvalue weighted by Gasteiger charge is 2.53. The van der Waals surface area contributed by atoms with E-state index in [1.54, 1.807) is 17.2 Å². The van der Waals surface area contributed by atoms with Crippen molar-refractivity contribution in [1.82, 2.24) is 10.2 Å². The molecule has 2 saturated carbocycles. The predicted octanol–water partition coefficient (Wildman–Crippen LogP) is 4.46. The fraction of sp³-hybridized carbons (Fsp3) is 0.640. The van der Waals surface area contributed by atoms with Crippen LogP contribution in [0, 0.1) is 5.92 Å². The van der Waals surface area contributed by atoms with E-state index in [1.165, 1.54) is 18.2 Å². The predicted molar refractivity (Wildman–Crippen MR) is 124 cm³/mol. The summed E-state index contributed by atoms with van der Waals surface area (Å²) in [6.45, 7) is 1.09. The molecule has 0 aromatic heterocycles. The standard InChI is InChI=1S/C25H33FN2O3S/c1-32-23(30)21(17-7-3-2-4-8-17)27-22(29)19-10-5-9-18(15-19)20-11-6-14-28(16-20)24(31)25(26)12-13-25/h5,9-10,15,17,20-21H,2-4,6-8,11-14,16H2,1H3,(H,27,29)/t20?,21-/m1/s1.